The zero-order valence-corrected chi connectivity index (χ0v) is 14.9. The number of nitro groups is 1. The third kappa shape index (κ3) is 3.80. The summed E-state index contributed by atoms with van der Waals surface area (Å²) in [6.45, 7) is 0. The van der Waals surface area contributed by atoms with Crippen molar-refractivity contribution < 1.29 is 23.3 Å². The number of hydrogen-bond acceptors (Lipinski definition) is 5. The van der Waals surface area contributed by atoms with Crippen LogP contribution in [0.5, 0.6) is 0 Å². The number of hydrogen-bond donors (Lipinski definition) is 1. The maximum absolute atomic E-state index is 13.0. The van der Waals surface area contributed by atoms with Crippen LogP contribution in [0.1, 0.15) is 5.56 Å². The number of halogens is 5. The van der Waals surface area contributed by atoms with Gasteiger partial charge in [0.05, 0.1) is 21.4 Å². The van der Waals surface area contributed by atoms with Crippen LogP contribution in [0, 0.1) is 10.1 Å². The van der Waals surface area contributed by atoms with E-state index in [0.29, 0.717) is 6.07 Å². The summed E-state index contributed by atoms with van der Waals surface area (Å²) >= 11 is 11.4. The van der Waals surface area contributed by atoms with Gasteiger partial charge in [0.1, 0.15) is 5.69 Å². The topological polar surface area (TPSA) is 98.5 Å². The molecule has 0 unspecified atom stereocenters. The summed E-state index contributed by atoms with van der Waals surface area (Å²) in [6, 6.07) is 8.50. The maximum atomic E-state index is 13.0. The predicted octanol–water partition coefficient (Wildman–Crippen LogP) is 4.38. The van der Waals surface area contributed by atoms with E-state index in [1.807, 2.05) is 0 Å². The van der Waals surface area contributed by atoms with Crippen molar-refractivity contribution in [2.24, 2.45) is 4.99 Å². The highest BCUT2D eigenvalue weighted by atomic mass is 35.5. The van der Waals surface area contributed by atoms with Crippen LogP contribution in [0.4, 0.5) is 24.7 Å². The standard InChI is InChI=1S/C15H8Cl2F3N5O3/c16-8-2-1-3-10(6-8)23-22-14(25(27)28)13(24(23)26)21-9-4-5-12(17)11(7-9)15(18,19)20/h1-7,26H. The molecule has 28 heavy (non-hydrogen) atoms. The molecule has 3 aromatic rings. The number of nitrogens with zero attached hydrogens (tertiary/aromatic N) is 5. The third-order valence-corrected chi connectivity index (χ3v) is 4.03. The largest absolute Gasteiger partial charge is 0.438 e. The lowest BCUT2D eigenvalue weighted by Crippen LogP contribution is -2.22. The second kappa shape index (κ2) is 7.17. The molecule has 0 saturated carbocycles. The molecule has 0 spiro atoms. The van der Waals surface area contributed by atoms with E-state index < -0.39 is 33.0 Å². The van der Waals surface area contributed by atoms with Gasteiger partial charge >= 0.3 is 12.0 Å². The molecule has 0 amide bonds. The van der Waals surface area contributed by atoms with Gasteiger partial charge in [0, 0.05) is 5.02 Å². The average molecular weight is 434 g/mol. The first-order valence-electron chi connectivity index (χ1n) is 7.31. The molecule has 0 aliphatic rings. The third-order valence-electron chi connectivity index (χ3n) is 3.46. The van der Waals surface area contributed by atoms with Gasteiger partial charge in [0.15, 0.2) is 0 Å². The molecule has 13 heteroatoms. The molecular formula is C15H8Cl2F3N5O3. The molecule has 3 rings (SSSR count). The summed E-state index contributed by atoms with van der Waals surface area (Å²) < 4.78 is 39.0. The van der Waals surface area contributed by atoms with Crippen LogP contribution in [0.15, 0.2) is 47.5 Å². The van der Waals surface area contributed by atoms with Gasteiger partial charge in [0.2, 0.25) is 0 Å². The minimum absolute atomic E-state index is 0.159. The molecular weight excluding hydrogens is 426 g/mol. The summed E-state index contributed by atoms with van der Waals surface area (Å²) in [6.07, 6.45) is -4.76. The molecule has 0 bridgehead atoms. The quantitative estimate of drug-likeness (QED) is 0.376. The summed E-state index contributed by atoms with van der Waals surface area (Å²) in [5, 5.41) is 24.9. The van der Waals surface area contributed by atoms with Crippen LogP contribution in [0.2, 0.25) is 10.0 Å². The normalized spacial score (nSPS) is 12.4. The molecule has 0 radical (unpaired) electrons. The molecule has 0 atom stereocenters. The maximum Gasteiger partial charge on any atom is 0.438 e. The fourth-order valence-electron chi connectivity index (χ4n) is 2.26. The van der Waals surface area contributed by atoms with Gasteiger partial charge in [0.25, 0.3) is 5.49 Å². The van der Waals surface area contributed by atoms with Crippen LogP contribution in [0.3, 0.4) is 0 Å². The number of aromatic nitrogens is 3. The Hall–Kier alpha value is -3.05. The van der Waals surface area contributed by atoms with E-state index in [0.717, 1.165) is 16.9 Å². The van der Waals surface area contributed by atoms with Crippen molar-refractivity contribution in [1.82, 2.24) is 14.7 Å². The SMILES string of the molecule is O=[N+]([O-])c1nn(-c2cccc(Cl)c2)n(O)c1=Nc1ccc(Cl)c(C(F)(F)F)c1. The van der Waals surface area contributed by atoms with Crippen LogP contribution in [-0.2, 0) is 6.18 Å². The number of benzene rings is 2. The Kier molecular flexibility index (Phi) is 5.04. The van der Waals surface area contributed by atoms with E-state index in [9.17, 15) is 28.5 Å². The van der Waals surface area contributed by atoms with Gasteiger partial charge in [-0.1, -0.05) is 34.1 Å². The van der Waals surface area contributed by atoms with Gasteiger partial charge in [-0.25, -0.2) is 4.99 Å². The van der Waals surface area contributed by atoms with E-state index in [-0.39, 0.29) is 21.2 Å². The molecule has 0 fully saturated rings. The van der Waals surface area contributed by atoms with E-state index in [4.69, 9.17) is 23.2 Å². The summed E-state index contributed by atoms with van der Waals surface area (Å²) in [7, 11) is 0. The van der Waals surface area contributed by atoms with E-state index in [1.165, 1.54) is 24.3 Å². The minimum Gasteiger partial charge on any atom is -0.409 e. The molecule has 0 aliphatic carbocycles. The Morgan fingerprint density at radius 3 is 2.50 bits per heavy atom. The number of alkyl halides is 3. The summed E-state index contributed by atoms with van der Waals surface area (Å²) in [4.78, 5) is 15.0. The Balaban J connectivity index is 2.23. The van der Waals surface area contributed by atoms with Crippen LogP contribution in [-0.4, -0.2) is 24.9 Å². The monoisotopic (exact) mass is 433 g/mol. The van der Waals surface area contributed by atoms with Crippen LogP contribution in [0.25, 0.3) is 5.69 Å². The fraction of sp³-hybridized carbons (Fsp3) is 0.0667. The van der Waals surface area contributed by atoms with Crippen molar-refractivity contribution >= 4 is 34.7 Å². The smallest absolute Gasteiger partial charge is 0.409 e. The zero-order valence-electron chi connectivity index (χ0n) is 13.4. The summed E-state index contributed by atoms with van der Waals surface area (Å²) in [5.74, 6) is -0.883. The number of rotatable bonds is 3. The molecule has 146 valence electrons. The molecule has 1 heterocycles. The Morgan fingerprint density at radius 1 is 1.18 bits per heavy atom. The van der Waals surface area contributed by atoms with Crippen LogP contribution < -0.4 is 5.49 Å². The first-order chi connectivity index (χ1) is 13.1. The van der Waals surface area contributed by atoms with Crippen molar-refractivity contribution in [2.75, 3.05) is 0 Å². The lowest BCUT2D eigenvalue weighted by molar-refractivity contribution is -0.391. The van der Waals surface area contributed by atoms with Crippen LogP contribution >= 0.6 is 23.2 Å². The lowest BCUT2D eigenvalue weighted by Gasteiger charge is -2.08. The first kappa shape index (κ1) is 19.7. The van der Waals surface area contributed by atoms with Crippen molar-refractivity contribution in [3.63, 3.8) is 0 Å². The van der Waals surface area contributed by atoms with Crippen molar-refractivity contribution in [3.8, 4) is 5.69 Å². The van der Waals surface area contributed by atoms with Crippen molar-refractivity contribution in [2.45, 2.75) is 6.18 Å². The Morgan fingerprint density at radius 2 is 1.89 bits per heavy atom. The van der Waals surface area contributed by atoms with E-state index >= 15 is 0 Å². The van der Waals surface area contributed by atoms with Gasteiger partial charge in [-0.15, -0.1) is 0 Å². The second-order valence-corrected chi connectivity index (χ2v) is 6.18. The Labute approximate surface area is 163 Å². The zero-order chi connectivity index (χ0) is 20.6. The van der Waals surface area contributed by atoms with Gasteiger partial charge in [-0.2, -0.15) is 13.2 Å². The predicted molar refractivity (Wildman–Crippen MR) is 92.1 cm³/mol. The van der Waals surface area contributed by atoms with E-state index in [2.05, 4.69) is 10.1 Å². The molecule has 0 aliphatic heterocycles. The van der Waals surface area contributed by atoms with E-state index in [1.54, 1.807) is 0 Å². The van der Waals surface area contributed by atoms with Gasteiger partial charge in [-0.05, 0) is 46.1 Å². The molecule has 1 aromatic heterocycles. The highest BCUT2D eigenvalue weighted by molar-refractivity contribution is 6.31. The average Bonchev–Trinajstić information content (AvgIpc) is 2.92. The fourth-order valence-corrected chi connectivity index (χ4v) is 2.67. The highest BCUT2D eigenvalue weighted by Gasteiger charge is 2.33. The van der Waals surface area contributed by atoms with Crippen molar-refractivity contribution in [1.29, 1.82) is 0 Å². The second-order valence-electron chi connectivity index (χ2n) is 5.34. The summed E-state index contributed by atoms with van der Waals surface area (Å²) in [5.41, 5.74) is -2.04. The molecule has 0 saturated heterocycles. The lowest BCUT2D eigenvalue weighted by atomic mass is 10.2. The molecule has 1 N–H and O–H groups in total. The Bertz CT molecular complexity index is 1140. The van der Waals surface area contributed by atoms with Crippen molar-refractivity contribution in [3.05, 3.63) is 73.7 Å². The van der Waals surface area contributed by atoms with Gasteiger partial charge in [-0.3, -0.25) is 0 Å². The first-order valence-corrected chi connectivity index (χ1v) is 8.07. The molecule has 8 nitrogen and oxygen atoms in total. The minimum atomic E-state index is -4.76. The van der Waals surface area contributed by atoms with Gasteiger partial charge < -0.3 is 15.3 Å². The molecule has 2 aromatic carbocycles. The highest BCUT2D eigenvalue weighted by Crippen LogP contribution is 2.36.